The van der Waals surface area contributed by atoms with Crippen LogP contribution in [0.5, 0.6) is 0 Å². The predicted molar refractivity (Wildman–Crippen MR) is 145 cm³/mol. The van der Waals surface area contributed by atoms with Gasteiger partial charge in [-0.1, -0.05) is 79.9 Å². The van der Waals surface area contributed by atoms with Crippen molar-refractivity contribution in [2.45, 2.75) is 55.7 Å². The molecule has 1 fully saturated rings. The zero-order chi connectivity index (χ0) is 23.0. The third-order valence-corrected chi connectivity index (χ3v) is 9.64. The normalized spacial score (nSPS) is 15.5. The van der Waals surface area contributed by atoms with Crippen LogP contribution in [0.25, 0.3) is 43.6 Å². The summed E-state index contributed by atoms with van der Waals surface area (Å²) >= 11 is 1.98. The Morgan fingerprint density at radius 3 is 2.41 bits per heavy atom. The second-order valence-electron chi connectivity index (χ2n) is 10.5. The van der Waals surface area contributed by atoms with Crippen LogP contribution in [0, 0.1) is 19.8 Å². The molecule has 1 aliphatic carbocycles. The number of hydrogen-bond acceptors (Lipinski definition) is 1. The Hall–Kier alpha value is -2.84. The highest BCUT2D eigenvalue weighted by atomic mass is 32.2. The van der Waals surface area contributed by atoms with Crippen molar-refractivity contribution < 1.29 is 4.57 Å². The van der Waals surface area contributed by atoms with E-state index in [1.165, 1.54) is 102 Å². The highest BCUT2D eigenvalue weighted by molar-refractivity contribution is 8.00. The van der Waals surface area contributed by atoms with Gasteiger partial charge in [0.25, 0.3) is 0 Å². The van der Waals surface area contributed by atoms with Gasteiger partial charge in [-0.3, -0.25) is 0 Å². The van der Waals surface area contributed by atoms with Gasteiger partial charge < -0.3 is 0 Å². The maximum atomic E-state index is 2.48. The number of fused-ring (bicyclic) bond motifs is 5. The summed E-state index contributed by atoms with van der Waals surface area (Å²) in [6.45, 7) is 4.61. The fourth-order valence-electron chi connectivity index (χ4n) is 6.64. The van der Waals surface area contributed by atoms with Gasteiger partial charge in [-0.2, -0.15) is 0 Å². The fourth-order valence-corrected chi connectivity index (χ4v) is 7.97. The second kappa shape index (κ2) is 7.58. The van der Waals surface area contributed by atoms with Gasteiger partial charge in [0.05, 0.1) is 10.9 Å². The highest BCUT2D eigenvalue weighted by Gasteiger charge is 2.31. The van der Waals surface area contributed by atoms with Crippen molar-refractivity contribution in [2.75, 3.05) is 0 Å². The van der Waals surface area contributed by atoms with E-state index >= 15 is 0 Å². The van der Waals surface area contributed by atoms with Gasteiger partial charge in [-0.25, -0.2) is 4.57 Å². The summed E-state index contributed by atoms with van der Waals surface area (Å²) in [4.78, 5) is 2.82. The van der Waals surface area contributed by atoms with Crippen molar-refractivity contribution in [1.82, 2.24) is 0 Å². The first kappa shape index (κ1) is 20.5. The molecule has 34 heavy (non-hydrogen) atoms. The largest absolute Gasteiger partial charge is 0.222 e. The number of aromatic nitrogens is 1. The molecule has 0 radical (unpaired) electrons. The van der Waals surface area contributed by atoms with Crippen LogP contribution < -0.4 is 4.57 Å². The number of aryl methyl sites for hydroxylation is 3. The Bertz CT molecular complexity index is 1640. The van der Waals surface area contributed by atoms with E-state index in [1.54, 1.807) is 0 Å². The van der Waals surface area contributed by atoms with Crippen LogP contribution in [-0.4, -0.2) is 0 Å². The number of rotatable bonds is 2. The smallest absolute Gasteiger partial charge is 0.200 e. The van der Waals surface area contributed by atoms with Gasteiger partial charge in [-0.05, 0) is 70.5 Å². The summed E-state index contributed by atoms with van der Waals surface area (Å²) in [5.74, 6) is 0.877. The van der Waals surface area contributed by atoms with Crippen molar-refractivity contribution in [2.24, 2.45) is 13.0 Å². The summed E-state index contributed by atoms with van der Waals surface area (Å²) in [5.41, 5.74) is 7.08. The first-order chi connectivity index (χ1) is 16.6. The maximum absolute atomic E-state index is 2.48. The van der Waals surface area contributed by atoms with Crippen molar-refractivity contribution in [3.05, 3.63) is 77.5 Å². The molecule has 7 rings (SSSR count). The predicted octanol–water partition coefficient (Wildman–Crippen LogP) is 8.45. The summed E-state index contributed by atoms with van der Waals surface area (Å²) in [6, 6.07) is 21.0. The first-order valence-electron chi connectivity index (χ1n) is 12.7. The van der Waals surface area contributed by atoms with E-state index < -0.39 is 0 Å². The van der Waals surface area contributed by atoms with Crippen molar-refractivity contribution in [1.29, 1.82) is 0 Å². The van der Waals surface area contributed by atoms with Gasteiger partial charge in [0.1, 0.15) is 7.05 Å². The van der Waals surface area contributed by atoms with Crippen LogP contribution >= 0.6 is 11.8 Å². The lowest BCUT2D eigenvalue weighted by Crippen LogP contribution is -2.31. The van der Waals surface area contributed by atoms with Crippen LogP contribution in [0.3, 0.4) is 0 Å². The van der Waals surface area contributed by atoms with E-state index in [2.05, 4.69) is 86.3 Å². The molecule has 0 bridgehead atoms. The van der Waals surface area contributed by atoms with Crippen LogP contribution in [-0.2, 0) is 13.5 Å². The van der Waals surface area contributed by atoms with E-state index in [1.807, 2.05) is 11.8 Å². The Morgan fingerprint density at radius 1 is 0.853 bits per heavy atom. The van der Waals surface area contributed by atoms with Gasteiger partial charge in [0.15, 0.2) is 6.20 Å². The molecule has 1 aliphatic heterocycles. The summed E-state index contributed by atoms with van der Waals surface area (Å²) in [7, 11) is 2.21. The Kier molecular flexibility index (Phi) is 4.58. The Balaban J connectivity index is 1.51. The number of hydrogen-bond donors (Lipinski definition) is 0. The lowest BCUT2D eigenvalue weighted by atomic mass is 9.90. The van der Waals surface area contributed by atoms with E-state index in [9.17, 15) is 0 Å². The SMILES string of the molecule is Cc1c2c(c(C)c3ccccc13)-c1c3c(cc4cc(CC5CCCC5)ccc4c3cc[n+]1C)S2. The van der Waals surface area contributed by atoms with Crippen molar-refractivity contribution in [3.8, 4) is 11.3 Å². The van der Waals surface area contributed by atoms with Crippen LogP contribution in [0.4, 0.5) is 0 Å². The molecule has 2 heterocycles. The molecule has 2 aliphatic rings. The van der Waals surface area contributed by atoms with Crippen LogP contribution in [0.15, 0.2) is 70.6 Å². The third-order valence-electron chi connectivity index (χ3n) is 8.39. The monoisotopic (exact) mass is 460 g/mol. The van der Waals surface area contributed by atoms with E-state index in [0.29, 0.717) is 0 Å². The average molecular weight is 461 g/mol. The summed E-state index contributed by atoms with van der Waals surface area (Å²) < 4.78 is 2.34. The molecule has 0 amide bonds. The lowest BCUT2D eigenvalue weighted by Gasteiger charge is -2.24. The molecule has 0 spiro atoms. The quantitative estimate of drug-likeness (QED) is 0.185. The van der Waals surface area contributed by atoms with Gasteiger partial charge >= 0.3 is 0 Å². The summed E-state index contributed by atoms with van der Waals surface area (Å²) in [6.07, 6.45) is 9.13. The second-order valence-corrected chi connectivity index (χ2v) is 11.5. The van der Waals surface area contributed by atoms with Crippen LogP contribution in [0.2, 0.25) is 0 Å². The molecule has 0 unspecified atom stereocenters. The van der Waals surface area contributed by atoms with Crippen molar-refractivity contribution >= 4 is 44.1 Å². The highest BCUT2D eigenvalue weighted by Crippen LogP contribution is 2.52. The Morgan fingerprint density at radius 2 is 1.62 bits per heavy atom. The third kappa shape index (κ3) is 2.91. The van der Waals surface area contributed by atoms with Crippen LogP contribution in [0.1, 0.15) is 42.4 Å². The van der Waals surface area contributed by atoms with Gasteiger partial charge in [0, 0.05) is 21.2 Å². The molecule has 4 aromatic carbocycles. The topological polar surface area (TPSA) is 3.88 Å². The standard InChI is InChI=1S/C32H30NS/c1-19-24-10-6-7-11-25(24)20(2)32-29(19)31-30-27(14-15-33(31)3)26-13-12-22(16-21-8-4-5-9-21)17-23(26)18-28(30)34-32/h6-7,10-15,17-18,21H,4-5,8-9,16H2,1-3H3/q+1. The van der Waals surface area contributed by atoms with E-state index in [-0.39, 0.29) is 0 Å². The minimum atomic E-state index is 0.877. The minimum Gasteiger partial charge on any atom is -0.200 e. The number of pyridine rings is 1. The van der Waals surface area contributed by atoms with E-state index in [4.69, 9.17) is 0 Å². The molecule has 0 atom stereocenters. The molecular formula is C32H30NS+. The zero-order valence-electron chi connectivity index (χ0n) is 20.2. The molecule has 0 saturated heterocycles. The van der Waals surface area contributed by atoms with E-state index in [0.717, 1.165) is 5.92 Å². The molecule has 1 nitrogen and oxygen atoms in total. The minimum absolute atomic E-state index is 0.877. The molecule has 2 heteroatoms. The first-order valence-corrected chi connectivity index (χ1v) is 13.5. The molecule has 0 N–H and O–H groups in total. The fraction of sp³-hybridized carbons (Fsp3) is 0.281. The molecule has 1 saturated carbocycles. The maximum Gasteiger partial charge on any atom is 0.222 e. The van der Waals surface area contributed by atoms with Gasteiger partial charge in [-0.15, -0.1) is 0 Å². The van der Waals surface area contributed by atoms with Gasteiger partial charge in [0.2, 0.25) is 5.69 Å². The average Bonchev–Trinajstić information content (AvgIpc) is 3.36. The lowest BCUT2D eigenvalue weighted by molar-refractivity contribution is -0.659. The molecule has 5 aromatic rings. The van der Waals surface area contributed by atoms with Crippen molar-refractivity contribution in [3.63, 3.8) is 0 Å². The summed E-state index contributed by atoms with van der Waals surface area (Å²) in [5, 5.41) is 8.33. The number of nitrogens with zero attached hydrogens (tertiary/aromatic N) is 1. The molecule has 168 valence electrons. The number of benzene rings is 4. The molecule has 1 aromatic heterocycles. The zero-order valence-corrected chi connectivity index (χ0v) is 21.1. The molecular weight excluding hydrogens is 430 g/mol. The Labute approximate surface area is 205 Å².